The van der Waals surface area contributed by atoms with E-state index in [9.17, 15) is 9.50 Å². The van der Waals surface area contributed by atoms with Gasteiger partial charge >= 0.3 is 0 Å². The van der Waals surface area contributed by atoms with Crippen LogP contribution in [0.5, 0.6) is 0 Å². The number of aliphatic hydroxyl groups excluding tert-OH is 1. The lowest BCUT2D eigenvalue weighted by molar-refractivity contribution is 0.144. The van der Waals surface area contributed by atoms with Gasteiger partial charge < -0.3 is 10.8 Å². The maximum Gasteiger partial charge on any atom is 0.130 e. The molecule has 2 unspecified atom stereocenters. The highest BCUT2D eigenvalue weighted by molar-refractivity contribution is 7.10. The van der Waals surface area contributed by atoms with E-state index in [1.54, 1.807) is 6.07 Å². The third-order valence-corrected chi connectivity index (χ3v) is 4.17. The molecule has 5 heteroatoms. The smallest absolute Gasteiger partial charge is 0.130 e. The summed E-state index contributed by atoms with van der Waals surface area (Å²) in [5.41, 5.74) is 5.80. The second-order valence-corrected chi connectivity index (χ2v) is 5.32. The Balaban J connectivity index is 2.38. The van der Waals surface area contributed by atoms with E-state index >= 15 is 0 Å². The number of halogens is 2. The van der Waals surface area contributed by atoms with Crippen LogP contribution in [0.4, 0.5) is 4.39 Å². The van der Waals surface area contributed by atoms with Crippen LogP contribution in [-0.2, 0) is 0 Å². The van der Waals surface area contributed by atoms with Crippen LogP contribution in [0.2, 0.25) is 5.02 Å². The van der Waals surface area contributed by atoms with Crippen molar-refractivity contribution in [3.63, 3.8) is 0 Å². The Kier molecular flexibility index (Phi) is 4.35. The minimum atomic E-state index is -1.04. The standard InChI is InChI=1S/C13H13ClFNOS/c14-9-3-1-4-10(15)12(9)13(17)8(7-16)11-5-2-6-18-11/h1-6,8,13,17H,7,16H2. The lowest BCUT2D eigenvalue weighted by Gasteiger charge is -2.22. The number of rotatable bonds is 4. The molecule has 0 radical (unpaired) electrons. The van der Waals surface area contributed by atoms with E-state index in [0.717, 1.165) is 4.88 Å². The van der Waals surface area contributed by atoms with Crippen LogP contribution in [-0.4, -0.2) is 11.7 Å². The fourth-order valence-corrected chi connectivity index (χ4v) is 3.04. The fourth-order valence-electron chi connectivity index (χ4n) is 1.90. The number of nitrogens with two attached hydrogens (primary N) is 1. The normalized spacial score (nSPS) is 14.4. The average Bonchev–Trinajstić information content (AvgIpc) is 2.83. The van der Waals surface area contributed by atoms with Gasteiger partial charge in [-0.1, -0.05) is 23.7 Å². The Bertz CT molecular complexity index is 497. The molecule has 3 N–H and O–H groups in total. The second kappa shape index (κ2) is 5.80. The molecule has 2 nitrogen and oxygen atoms in total. The van der Waals surface area contributed by atoms with Gasteiger partial charge in [-0.25, -0.2) is 4.39 Å². The summed E-state index contributed by atoms with van der Waals surface area (Å²) < 4.78 is 13.8. The van der Waals surface area contributed by atoms with Gasteiger partial charge in [-0.05, 0) is 23.6 Å². The molecule has 0 aliphatic rings. The second-order valence-electron chi connectivity index (χ2n) is 3.94. The van der Waals surface area contributed by atoms with Gasteiger partial charge in [-0.2, -0.15) is 0 Å². The molecule has 1 aromatic heterocycles. The summed E-state index contributed by atoms with van der Waals surface area (Å²) in [5, 5.41) is 12.4. The first-order valence-corrected chi connectivity index (χ1v) is 6.76. The van der Waals surface area contributed by atoms with Crippen molar-refractivity contribution in [2.45, 2.75) is 12.0 Å². The minimum absolute atomic E-state index is 0.114. The highest BCUT2D eigenvalue weighted by atomic mass is 35.5. The van der Waals surface area contributed by atoms with Crippen LogP contribution >= 0.6 is 22.9 Å². The van der Waals surface area contributed by atoms with Gasteiger partial charge in [0.2, 0.25) is 0 Å². The molecule has 0 aliphatic carbocycles. The van der Waals surface area contributed by atoms with Crippen molar-refractivity contribution in [2.24, 2.45) is 5.73 Å². The van der Waals surface area contributed by atoms with E-state index in [2.05, 4.69) is 0 Å². The van der Waals surface area contributed by atoms with E-state index in [4.69, 9.17) is 17.3 Å². The van der Waals surface area contributed by atoms with E-state index in [0.29, 0.717) is 0 Å². The molecule has 2 rings (SSSR count). The summed E-state index contributed by atoms with van der Waals surface area (Å²) in [6, 6.07) is 8.10. The van der Waals surface area contributed by atoms with Crippen molar-refractivity contribution < 1.29 is 9.50 Å². The quantitative estimate of drug-likeness (QED) is 0.905. The molecule has 0 amide bonds. The number of hydrogen-bond donors (Lipinski definition) is 2. The molecule has 1 aromatic carbocycles. The topological polar surface area (TPSA) is 46.2 Å². The van der Waals surface area contributed by atoms with E-state index < -0.39 is 11.9 Å². The van der Waals surface area contributed by atoms with Gasteiger partial charge in [0.15, 0.2) is 0 Å². The summed E-state index contributed by atoms with van der Waals surface area (Å²) in [6.07, 6.45) is -1.04. The zero-order valence-electron chi connectivity index (χ0n) is 9.51. The van der Waals surface area contributed by atoms with Gasteiger partial charge in [-0.3, -0.25) is 0 Å². The Labute approximate surface area is 114 Å². The van der Waals surface area contributed by atoms with Crippen molar-refractivity contribution >= 4 is 22.9 Å². The maximum atomic E-state index is 13.8. The molecule has 0 saturated heterocycles. The predicted octanol–water partition coefficient (Wildman–Crippen LogP) is 3.32. The summed E-state index contributed by atoms with van der Waals surface area (Å²) >= 11 is 7.43. The fraction of sp³-hybridized carbons (Fsp3) is 0.231. The third-order valence-electron chi connectivity index (χ3n) is 2.84. The Morgan fingerprint density at radius 3 is 2.67 bits per heavy atom. The Morgan fingerprint density at radius 1 is 1.33 bits per heavy atom. The van der Waals surface area contributed by atoms with Gasteiger partial charge in [0.1, 0.15) is 5.82 Å². The number of hydrogen-bond acceptors (Lipinski definition) is 3. The lowest BCUT2D eigenvalue weighted by atomic mass is 9.94. The van der Waals surface area contributed by atoms with Gasteiger partial charge in [0, 0.05) is 27.9 Å². The monoisotopic (exact) mass is 285 g/mol. The third kappa shape index (κ3) is 2.57. The first kappa shape index (κ1) is 13.5. The molecule has 0 saturated carbocycles. The molecule has 0 fully saturated rings. The predicted molar refractivity (Wildman–Crippen MR) is 72.5 cm³/mol. The summed E-state index contributed by atoms with van der Waals surface area (Å²) in [4.78, 5) is 0.921. The number of thiophene rings is 1. The molecule has 0 aliphatic heterocycles. The molecule has 1 heterocycles. The van der Waals surface area contributed by atoms with Crippen LogP contribution in [0.1, 0.15) is 22.5 Å². The van der Waals surface area contributed by atoms with Crippen LogP contribution in [0, 0.1) is 5.82 Å². The zero-order chi connectivity index (χ0) is 13.1. The van der Waals surface area contributed by atoms with Gasteiger partial charge in [-0.15, -0.1) is 11.3 Å². The highest BCUT2D eigenvalue weighted by Crippen LogP contribution is 2.36. The molecule has 96 valence electrons. The van der Waals surface area contributed by atoms with Gasteiger partial charge in [0.25, 0.3) is 0 Å². The van der Waals surface area contributed by atoms with E-state index in [1.165, 1.54) is 23.5 Å². The molecule has 18 heavy (non-hydrogen) atoms. The van der Waals surface area contributed by atoms with Crippen LogP contribution in [0.3, 0.4) is 0 Å². The Morgan fingerprint density at radius 2 is 2.11 bits per heavy atom. The van der Waals surface area contributed by atoms with E-state index in [1.807, 2.05) is 17.5 Å². The minimum Gasteiger partial charge on any atom is -0.388 e. The van der Waals surface area contributed by atoms with Crippen LogP contribution in [0.25, 0.3) is 0 Å². The zero-order valence-corrected chi connectivity index (χ0v) is 11.1. The van der Waals surface area contributed by atoms with Crippen molar-refractivity contribution in [1.82, 2.24) is 0 Å². The molecular formula is C13H13ClFNOS. The molecule has 2 atom stereocenters. The number of benzene rings is 1. The SMILES string of the molecule is NCC(c1cccs1)C(O)c1c(F)cccc1Cl. The van der Waals surface area contributed by atoms with Crippen LogP contribution < -0.4 is 5.73 Å². The molecule has 0 spiro atoms. The Hall–Kier alpha value is -0.940. The molecule has 0 bridgehead atoms. The first-order valence-electron chi connectivity index (χ1n) is 5.50. The number of aliphatic hydroxyl groups is 1. The molecule has 2 aromatic rings. The summed E-state index contributed by atoms with van der Waals surface area (Å²) in [7, 11) is 0. The highest BCUT2D eigenvalue weighted by Gasteiger charge is 2.26. The maximum absolute atomic E-state index is 13.8. The van der Waals surface area contributed by atoms with Crippen LogP contribution in [0.15, 0.2) is 35.7 Å². The van der Waals surface area contributed by atoms with Crippen molar-refractivity contribution in [2.75, 3.05) is 6.54 Å². The molecular weight excluding hydrogens is 273 g/mol. The van der Waals surface area contributed by atoms with Crippen molar-refractivity contribution in [3.8, 4) is 0 Å². The summed E-state index contributed by atoms with van der Waals surface area (Å²) in [6.45, 7) is 0.229. The summed E-state index contributed by atoms with van der Waals surface area (Å²) in [5.74, 6) is -0.857. The van der Waals surface area contributed by atoms with Crippen molar-refractivity contribution in [3.05, 3.63) is 57.0 Å². The first-order chi connectivity index (χ1) is 8.65. The largest absolute Gasteiger partial charge is 0.388 e. The van der Waals surface area contributed by atoms with Crippen molar-refractivity contribution in [1.29, 1.82) is 0 Å². The average molecular weight is 286 g/mol. The lowest BCUT2D eigenvalue weighted by Crippen LogP contribution is -2.20. The van der Waals surface area contributed by atoms with E-state index in [-0.39, 0.29) is 23.0 Å². The van der Waals surface area contributed by atoms with Gasteiger partial charge in [0.05, 0.1) is 6.10 Å².